The summed E-state index contributed by atoms with van der Waals surface area (Å²) in [7, 11) is 2.25. The maximum Gasteiger partial charge on any atom is 0.325 e. The number of halogens is 1. The average molecular weight is 299 g/mol. The minimum absolute atomic E-state index is 0.246. The number of phenolic OH excluding ortho intramolecular Hbond substituents is 1. The number of methoxy groups -OCH3 is 2. The molecule has 0 saturated carbocycles. The molecule has 0 bridgehead atoms. The fourth-order valence-corrected chi connectivity index (χ4v) is 1.50. The lowest BCUT2D eigenvalue weighted by Crippen LogP contribution is -2.40. The highest BCUT2D eigenvalue weighted by Gasteiger charge is 2.24. The molecule has 7 nitrogen and oxygen atoms in total. The highest BCUT2D eigenvalue weighted by Crippen LogP contribution is 2.20. The number of hydrogen-bond acceptors (Lipinski definition) is 6. The summed E-state index contributed by atoms with van der Waals surface area (Å²) in [4.78, 5) is 35.6. The molecule has 0 spiro atoms. The van der Waals surface area contributed by atoms with Crippen molar-refractivity contribution in [1.29, 1.82) is 0 Å². The number of aromatic hydroxyl groups is 1. The minimum atomic E-state index is -0.830. The second kappa shape index (κ2) is 7.22. The van der Waals surface area contributed by atoms with E-state index in [1.54, 1.807) is 0 Å². The number of rotatable bonds is 5. The highest BCUT2D eigenvalue weighted by atomic mass is 19.1. The zero-order valence-electron chi connectivity index (χ0n) is 11.5. The van der Waals surface area contributed by atoms with E-state index in [4.69, 9.17) is 0 Å². The molecule has 114 valence electrons. The van der Waals surface area contributed by atoms with Gasteiger partial charge in [-0.15, -0.1) is 0 Å². The van der Waals surface area contributed by atoms with E-state index in [1.165, 1.54) is 0 Å². The first-order valence-corrected chi connectivity index (χ1v) is 5.80. The van der Waals surface area contributed by atoms with Gasteiger partial charge in [-0.05, 0) is 12.1 Å². The van der Waals surface area contributed by atoms with Gasteiger partial charge in [0.05, 0.1) is 19.8 Å². The van der Waals surface area contributed by atoms with Crippen LogP contribution < -0.4 is 0 Å². The lowest BCUT2D eigenvalue weighted by molar-refractivity contribution is -0.144. The molecule has 0 atom stereocenters. The summed E-state index contributed by atoms with van der Waals surface area (Å²) in [5, 5.41) is 9.57. The zero-order chi connectivity index (χ0) is 16.0. The Morgan fingerprint density at radius 2 is 1.67 bits per heavy atom. The Labute approximate surface area is 119 Å². The Morgan fingerprint density at radius 1 is 1.14 bits per heavy atom. The SMILES string of the molecule is COC(=O)CN(CC(=O)OC)C(=O)c1ccc(F)cc1O. The van der Waals surface area contributed by atoms with Gasteiger partial charge >= 0.3 is 11.9 Å². The highest BCUT2D eigenvalue weighted by molar-refractivity contribution is 5.99. The zero-order valence-corrected chi connectivity index (χ0v) is 11.5. The van der Waals surface area contributed by atoms with Gasteiger partial charge in [0.1, 0.15) is 24.7 Å². The summed E-state index contributed by atoms with van der Waals surface area (Å²) in [6.45, 7) is -1.03. The molecule has 0 aliphatic rings. The van der Waals surface area contributed by atoms with E-state index in [9.17, 15) is 23.9 Å². The first-order valence-electron chi connectivity index (χ1n) is 5.80. The van der Waals surface area contributed by atoms with Crippen molar-refractivity contribution in [2.75, 3.05) is 27.3 Å². The van der Waals surface area contributed by atoms with Gasteiger partial charge in [0.2, 0.25) is 0 Å². The summed E-state index contributed by atoms with van der Waals surface area (Å²) in [5.41, 5.74) is -0.246. The molecule has 0 heterocycles. The van der Waals surface area contributed by atoms with Crippen molar-refractivity contribution in [3.8, 4) is 5.75 Å². The lowest BCUT2D eigenvalue weighted by atomic mass is 10.1. The largest absolute Gasteiger partial charge is 0.507 e. The smallest absolute Gasteiger partial charge is 0.325 e. The number of ether oxygens (including phenoxy) is 2. The molecule has 0 aliphatic carbocycles. The van der Waals surface area contributed by atoms with Crippen molar-refractivity contribution in [1.82, 2.24) is 4.90 Å². The molecular formula is C13H14FNO6. The Hall–Kier alpha value is -2.64. The molecule has 8 heteroatoms. The number of esters is 2. The second-order valence-electron chi connectivity index (χ2n) is 3.97. The summed E-state index contributed by atoms with van der Waals surface area (Å²) in [5.74, 6) is -3.66. The predicted molar refractivity (Wildman–Crippen MR) is 68.0 cm³/mol. The number of phenols is 1. The first kappa shape index (κ1) is 16.4. The lowest BCUT2D eigenvalue weighted by Gasteiger charge is -2.20. The molecule has 0 saturated heterocycles. The molecular weight excluding hydrogens is 285 g/mol. The molecule has 0 aromatic heterocycles. The van der Waals surface area contributed by atoms with E-state index >= 15 is 0 Å². The first-order chi connectivity index (χ1) is 9.88. The maximum atomic E-state index is 12.9. The Morgan fingerprint density at radius 3 is 2.10 bits per heavy atom. The van der Waals surface area contributed by atoms with Gasteiger partial charge in [-0.1, -0.05) is 0 Å². The van der Waals surface area contributed by atoms with Gasteiger partial charge in [0, 0.05) is 6.07 Å². The molecule has 1 rings (SSSR count). The number of benzene rings is 1. The van der Waals surface area contributed by atoms with Crippen molar-refractivity contribution >= 4 is 17.8 Å². The number of amides is 1. The van der Waals surface area contributed by atoms with E-state index in [1.807, 2.05) is 0 Å². The van der Waals surface area contributed by atoms with Crippen LogP contribution in [0.5, 0.6) is 5.75 Å². The Bertz CT molecular complexity index is 542. The van der Waals surface area contributed by atoms with Crippen LogP contribution in [0.25, 0.3) is 0 Å². The van der Waals surface area contributed by atoms with Crippen LogP contribution in [0.4, 0.5) is 4.39 Å². The second-order valence-corrected chi connectivity index (χ2v) is 3.97. The quantitative estimate of drug-likeness (QED) is 0.787. The molecule has 0 fully saturated rings. The number of nitrogens with zero attached hydrogens (tertiary/aromatic N) is 1. The molecule has 21 heavy (non-hydrogen) atoms. The molecule has 0 radical (unpaired) electrons. The number of carbonyl (C=O) groups excluding carboxylic acids is 3. The number of hydrogen-bond donors (Lipinski definition) is 1. The number of carbonyl (C=O) groups is 3. The van der Waals surface area contributed by atoms with Crippen LogP contribution in [0, 0.1) is 5.82 Å². The van der Waals surface area contributed by atoms with E-state index in [2.05, 4.69) is 9.47 Å². The molecule has 1 amide bonds. The third-order valence-corrected chi connectivity index (χ3v) is 2.57. The van der Waals surface area contributed by atoms with E-state index in [0.717, 1.165) is 37.3 Å². The monoisotopic (exact) mass is 299 g/mol. The Kier molecular flexibility index (Phi) is 5.65. The fraction of sp³-hybridized carbons (Fsp3) is 0.308. The van der Waals surface area contributed by atoms with Crippen LogP contribution >= 0.6 is 0 Å². The van der Waals surface area contributed by atoms with E-state index in [0.29, 0.717) is 0 Å². The van der Waals surface area contributed by atoms with Crippen molar-refractivity contribution in [2.24, 2.45) is 0 Å². The van der Waals surface area contributed by atoms with Crippen LogP contribution in [0.15, 0.2) is 18.2 Å². The van der Waals surface area contributed by atoms with E-state index in [-0.39, 0.29) is 5.56 Å². The normalized spacial score (nSPS) is 9.86. The molecule has 1 N–H and O–H groups in total. The van der Waals surface area contributed by atoms with E-state index < -0.39 is 42.5 Å². The van der Waals surface area contributed by atoms with Gasteiger partial charge in [-0.25, -0.2) is 4.39 Å². The fourth-order valence-electron chi connectivity index (χ4n) is 1.50. The van der Waals surface area contributed by atoms with Crippen molar-refractivity contribution in [3.63, 3.8) is 0 Å². The summed E-state index contributed by atoms with van der Waals surface area (Å²) < 4.78 is 21.8. The van der Waals surface area contributed by atoms with Crippen LogP contribution in [0.1, 0.15) is 10.4 Å². The summed E-state index contributed by atoms with van der Waals surface area (Å²) in [6.07, 6.45) is 0. The van der Waals surface area contributed by atoms with Crippen molar-refractivity contribution in [2.45, 2.75) is 0 Å². The van der Waals surface area contributed by atoms with Crippen LogP contribution in [0.3, 0.4) is 0 Å². The molecule has 0 unspecified atom stereocenters. The van der Waals surface area contributed by atoms with Crippen LogP contribution in [-0.2, 0) is 19.1 Å². The Balaban J connectivity index is 3.02. The summed E-state index contributed by atoms with van der Waals surface area (Å²) >= 11 is 0. The topological polar surface area (TPSA) is 93.1 Å². The molecule has 1 aromatic rings. The van der Waals surface area contributed by atoms with Gasteiger partial charge in [-0.2, -0.15) is 0 Å². The van der Waals surface area contributed by atoms with Crippen molar-refractivity contribution < 1.29 is 33.4 Å². The van der Waals surface area contributed by atoms with Crippen molar-refractivity contribution in [3.05, 3.63) is 29.6 Å². The van der Waals surface area contributed by atoms with Gasteiger partial charge in [0.25, 0.3) is 5.91 Å². The third-order valence-electron chi connectivity index (χ3n) is 2.57. The van der Waals surface area contributed by atoms with Gasteiger partial charge < -0.3 is 19.5 Å². The minimum Gasteiger partial charge on any atom is -0.507 e. The predicted octanol–water partition coefficient (Wildman–Crippen LogP) is 0.319. The molecule has 1 aromatic carbocycles. The summed E-state index contributed by atoms with van der Waals surface area (Å²) in [6, 6.07) is 2.78. The van der Waals surface area contributed by atoms with Crippen LogP contribution in [0.2, 0.25) is 0 Å². The molecule has 0 aliphatic heterocycles. The average Bonchev–Trinajstić information content (AvgIpc) is 2.45. The maximum absolute atomic E-state index is 12.9. The third kappa shape index (κ3) is 4.44. The van der Waals surface area contributed by atoms with Crippen LogP contribution in [-0.4, -0.2) is 55.2 Å². The van der Waals surface area contributed by atoms with Gasteiger partial charge in [0.15, 0.2) is 0 Å². The standard InChI is InChI=1S/C13H14FNO6/c1-20-11(17)6-15(7-12(18)21-2)13(19)9-4-3-8(14)5-10(9)16/h3-5,16H,6-7H2,1-2H3. The van der Waals surface area contributed by atoms with Gasteiger partial charge in [-0.3, -0.25) is 14.4 Å².